The van der Waals surface area contributed by atoms with Crippen molar-refractivity contribution in [2.75, 3.05) is 13.1 Å². The smallest absolute Gasteiger partial charge is 0.265 e. The Morgan fingerprint density at radius 3 is 2.11 bits per heavy atom. The van der Waals surface area contributed by atoms with E-state index in [4.69, 9.17) is 5.21 Å². The molecule has 2 aromatic carbocycles. The van der Waals surface area contributed by atoms with E-state index < -0.39 is 20.7 Å². The molecular weight excluding hydrogens is 376 g/mol. The zero-order chi connectivity index (χ0) is 20.4. The lowest BCUT2D eigenvalue weighted by Gasteiger charge is -2.32. The number of benzene rings is 2. The first-order valence-electron chi connectivity index (χ1n) is 9.06. The van der Waals surface area contributed by atoms with Crippen molar-refractivity contribution < 1.29 is 18.4 Å². The van der Waals surface area contributed by atoms with Gasteiger partial charge in [0.05, 0.1) is 0 Å². The molecule has 1 aliphatic rings. The molecule has 1 heterocycles. The minimum atomic E-state index is -3.90. The maximum atomic E-state index is 12.8. The normalized spacial score (nSPS) is 15.8. The van der Waals surface area contributed by atoms with Crippen LogP contribution < -0.4 is 5.48 Å². The van der Waals surface area contributed by atoms with Crippen LogP contribution in [0.1, 0.15) is 25.8 Å². The molecular formula is C21H24N2O4S. The number of nitrogens with zero attached hydrogens (tertiary/aromatic N) is 1. The van der Waals surface area contributed by atoms with Crippen LogP contribution in [0, 0.1) is 0 Å². The molecule has 6 nitrogen and oxygen atoms in total. The van der Waals surface area contributed by atoms with E-state index in [0.717, 1.165) is 22.3 Å². The zero-order valence-corrected chi connectivity index (χ0v) is 16.7. The van der Waals surface area contributed by atoms with Crippen LogP contribution >= 0.6 is 0 Å². The molecule has 0 unspecified atom stereocenters. The molecule has 0 atom stereocenters. The summed E-state index contributed by atoms with van der Waals surface area (Å²) in [5.74, 6) is -0.946. The lowest BCUT2D eigenvalue weighted by atomic mass is 9.97. The molecule has 2 N–H and O–H groups in total. The quantitative estimate of drug-likeness (QED) is 0.597. The van der Waals surface area contributed by atoms with E-state index >= 15 is 0 Å². The number of rotatable bonds is 5. The van der Waals surface area contributed by atoms with Gasteiger partial charge in [0.15, 0.2) is 4.75 Å². The van der Waals surface area contributed by atoms with Gasteiger partial charge in [-0.1, -0.05) is 60.7 Å². The lowest BCUT2D eigenvalue weighted by molar-refractivity contribution is -0.131. The van der Waals surface area contributed by atoms with Crippen LogP contribution in [0.2, 0.25) is 0 Å². The lowest BCUT2D eigenvalue weighted by Crippen LogP contribution is -2.54. The van der Waals surface area contributed by atoms with E-state index in [0.29, 0.717) is 6.42 Å². The highest BCUT2D eigenvalue weighted by Gasteiger charge is 2.45. The second-order valence-corrected chi connectivity index (χ2v) is 9.72. The highest BCUT2D eigenvalue weighted by Crippen LogP contribution is 2.29. The number of hydrogen-bond acceptors (Lipinski definition) is 4. The molecule has 0 radical (unpaired) electrons. The average Bonchev–Trinajstić information content (AvgIpc) is 2.73. The van der Waals surface area contributed by atoms with E-state index in [1.54, 1.807) is 0 Å². The first kappa shape index (κ1) is 20.3. The van der Waals surface area contributed by atoms with Crippen LogP contribution in [0.25, 0.3) is 16.7 Å². The fraction of sp³-hybridized carbons (Fsp3) is 0.286. The predicted molar refractivity (Wildman–Crippen MR) is 109 cm³/mol. The summed E-state index contributed by atoms with van der Waals surface area (Å²) in [5.41, 5.74) is 5.86. The molecule has 7 heteroatoms. The van der Waals surface area contributed by atoms with Crippen LogP contribution in [0.5, 0.6) is 0 Å². The van der Waals surface area contributed by atoms with Crippen molar-refractivity contribution in [3.63, 3.8) is 0 Å². The fourth-order valence-electron chi connectivity index (χ4n) is 3.21. The molecule has 0 saturated heterocycles. The van der Waals surface area contributed by atoms with Crippen molar-refractivity contribution in [2.24, 2.45) is 0 Å². The van der Waals surface area contributed by atoms with Crippen LogP contribution in [0.15, 0.2) is 60.7 Å². The van der Waals surface area contributed by atoms with E-state index in [1.807, 2.05) is 36.4 Å². The van der Waals surface area contributed by atoms with Gasteiger partial charge in [-0.2, -0.15) is 4.31 Å². The Kier molecular flexibility index (Phi) is 5.69. The van der Waals surface area contributed by atoms with Crippen molar-refractivity contribution in [3.05, 3.63) is 66.2 Å². The number of hydrogen-bond donors (Lipinski definition) is 2. The van der Waals surface area contributed by atoms with Crippen LogP contribution in [0.4, 0.5) is 0 Å². The Morgan fingerprint density at radius 1 is 1.00 bits per heavy atom. The Bertz CT molecular complexity index is 981. The highest BCUT2D eigenvalue weighted by atomic mass is 32.2. The molecule has 1 aliphatic heterocycles. The van der Waals surface area contributed by atoms with Gasteiger partial charge in [0.2, 0.25) is 10.0 Å². The van der Waals surface area contributed by atoms with Crippen LogP contribution in [0.3, 0.4) is 0 Å². The van der Waals surface area contributed by atoms with Crippen LogP contribution in [-0.4, -0.2) is 41.7 Å². The number of carbonyl (C=O) groups excluding carboxylic acids is 1. The molecule has 2 aromatic rings. The third-order valence-electron chi connectivity index (χ3n) is 5.17. The minimum absolute atomic E-state index is 0.195. The number of sulfonamides is 1. The molecule has 148 valence electrons. The van der Waals surface area contributed by atoms with Gasteiger partial charge in [0.1, 0.15) is 0 Å². The fourth-order valence-corrected chi connectivity index (χ4v) is 4.74. The topological polar surface area (TPSA) is 86.7 Å². The van der Waals surface area contributed by atoms with Gasteiger partial charge in [-0.15, -0.1) is 0 Å². The summed E-state index contributed by atoms with van der Waals surface area (Å²) in [5, 5.41) is 8.83. The van der Waals surface area contributed by atoms with Gasteiger partial charge < -0.3 is 0 Å². The van der Waals surface area contributed by atoms with Crippen molar-refractivity contribution in [2.45, 2.75) is 25.0 Å². The number of hydroxylamine groups is 1. The second kappa shape index (κ2) is 7.87. The molecule has 28 heavy (non-hydrogen) atoms. The third kappa shape index (κ3) is 3.73. The molecule has 0 saturated carbocycles. The zero-order valence-electron chi connectivity index (χ0n) is 15.9. The standard InChI is InChI=1S/C21H24N2O4S/c1-21(2,20(24)22-25)28(26,27)23-14-12-19(13-15-23)18-10-8-17(9-11-18)16-6-4-3-5-7-16/h3-12,25H,13-15H2,1-2H3,(H,22,24). The van der Waals surface area contributed by atoms with Crippen molar-refractivity contribution in [1.29, 1.82) is 0 Å². The van der Waals surface area contributed by atoms with E-state index in [1.165, 1.54) is 23.6 Å². The monoisotopic (exact) mass is 400 g/mol. The molecule has 0 bridgehead atoms. The van der Waals surface area contributed by atoms with Gasteiger partial charge in [-0.25, -0.2) is 13.9 Å². The number of carbonyl (C=O) groups is 1. The summed E-state index contributed by atoms with van der Waals surface area (Å²) in [7, 11) is -3.90. The first-order chi connectivity index (χ1) is 13.3. The largest absolute Gasteiger partial charge is 0.289 e. The summed E-state index contributed by atoms with van der Waals surface area (Å²) < 4.78 is 25.1. The molecule has 1 amide bonds. The summed E-state index contributed by atoms with van der Waals surface area (Å²) in [6.45, 7) is 3.06. The Labute approximate surface area is 165 Å². The van der Waals surface area contributed by atoms with Crippen molar-refractivity contribution in [3.8, 4) is 11.1 Å². The maximum absolute atomic E-state index is 12.8. The summed E-state index contributed by atoms with van der Waals surface area (Å²) >= 11 is 0. The van der Waals surface area contributed by atoms with Crippen LogP contribution in [-0.2, 0) is 14.8 Å². The van der Waals surface area contributed by atoms with Crippen molar-refractivity contribution in [1.82, 2.24) is 9.79 Å². The highest BCUT2D eigenvalue weighted by molar-refractivity contribution is 7.91. The molecule has 0 aliphatic carbocycles. The molecule has 0 spiro atoms. The second-order valence-electron chi connectivity index (χ2n) is 7.24. The SMILES string of the molecule is CC(C)(C(=O)NO)S(=O)(=O)N1CC=C(c2ccc(-c3ccccc3)cc2)CC1. The van der Waals surface area contributed by atoms with Gasteiger partial charge in [0.25, 0.3) is 5.91 Å². The Balaban J connectivity index is 1.76. The summed E-state index contributed by atoms with van der Waals surface area (Å²) in [4.78, 5) is 11.8. The number of amides is 1. The maximum Gasteiger partial charge on any atom is 0.265 e. The average molecular weight is 401 g/mol. The molecule has 0 fully saturated rings. The van der Waals surface area contributed by atoms with E-state index in [-0.39, 0.29) is 13.1 Å². The van der Waals surface area contributed by atoms with E-state index in [2.05, 4.69) is 24.3 Å². The minimum Gasteiger partial charge on any atom is -0.289 e. The Hall–Kier alpha value is -2.48. The number of nitrogens with one attached hydrogen (secondary N) is 1. The third-order valence-corrected chi connectivity index (χ3v) is 7.65. The molecule has 3 rings (SSSR count). The van der Waals surface area contributed by atoms with Gasteiger partial charge >= 0.3 is 0 Å². The van der Waals surface area contributed by atoms with Crippen molar-refractivity contribution >= 4 is 21.5 Å². The van der Waals surface area contributed by atoms with Gasteiger partial charge in [-0.3, -0.25) is 10.0 Å². The summed E-state index contributed by atoms with van der Waals surface area (Å²) in [6, 6.07) is 18.3. The molecule has 0 aromatic heterocycles. The van der Waals surface area contributed by atoms with E-state index in [9.17, 15) is 13.2 Å². The van der Waals surface area contributed by atoms with Gasteiger partial charge in [0, 0.05) is 13.1 Å². The predicted octanol–water partition coefficient (Wildman–Crippen LogP) is 3.06. The summed E-state index contributed by atoms with van der Waals surface area (Å²) in [6.07, 6.45) is 2.44. The first-order valence-corrected chi connectivity index (χ1v) is 10.5. The van der Waals surface area contributed by atoms with Gasteiger partial charge in [-0.05, 0) is 42.5 Å². The Morgan fingerprint density at radius 2 is 1.57 bits per heavy atom.